The van der Waals surface area contributed by atoms with E-state index in [1.165, 1.54) is 25.7 Å². The first-order valence-electron chi connectivity index (χ1n) is 7.48. The summed E-state index contributed by atoms with van der Waals surface area (Å²) in [5.74, 6) is 0. The highest BCUT2D eigenvalue weighted by Gasteiger charge is 2.17. The molecule has 0 aliphatic carbocycles. The fourth-order valence-electron chi connectivity index (χ4n) is 2.12. The van der Waals surface area contributed by atoms with Crippen LogP contribution in [-0.2, 0) is 9.84 Å². The molecule has 0 N–H and O–H groups in total. The standard InChI is InChI=1S/C17H26O2S/c1-4-5-6-7-8-9-10-16(3)20(18,19)17-13-11-15(2)12-14-17/h11-14H,3-10H2,1-2H3. The molecule has 0 aliphatic rings. The van der Waals surface area contributed by atoms with E-state index in [4.69, 9.17) is 0 Å². The van der Waals surface area contributed by atoms with Gasteiger partial charge in [0.05, 0.1) is 4.90 Å². The van der Waals surface area contributed by atoms with E-state index in [0.717, 1.165) is 18.4 Å². The molecule has 0 fully saturated rings. The molecule has 112 valence electrons. The van der Waals surface area contributed by atoms with Crippen LogP contribution in [0.4, 0.5) is 0 Å². The van der Waals surface area contributed by atoms with Gasteiger partial charge in [-0.15, -0.1) is 0 Å². The maximum Gasteiger partial charge on any atom is 0.202 e. The predicted octanol–water partition coefficient (Wildman–Crippen LogP) is 5.03. The smallest absolute Gasteiger partial charge is 0.202 e. The summed E-state index contributed by atoms with van der Waals surface area (Å²) < 4.78 is 24.6. The van der Waals surface area contributed by atoms with E-state index in [2.05, 4.69) is 13.5 Å². The third-order valence-corrected chi connectivity index (χ3v) is 5.38. The molecule has 0 radical (unpaired) electrons. The average molecular weight is 294 g/mol. The number of unbranched alkanes of at least 4 members (excludes halogenated alkanes) is 5. The van der Waals surface area contributed by atoms with Crippen LogP contribution < -0.4 is 0 Å². The van der Waals surface area contributed by atoms with Crippen LogP contribution in [-0.4, -0.2) is 8.42 Å². The lowest BCUT2D eigenvalue weighted by atomic mass is 10.1. The normalized spacial score (nSPS) is 11.5. The molecule has 20 heavy (non-hydrogen) atoms. The number of hydrogen-bond acceptors (Lipinski definition) is 2. The first-order valence-corrected chi connectivity index (χ1v) is 8.96. The van der Waals surface area contributed by atoms with Gasteiger partial charge >= 0.3 is 0 Å². The van der Waals surface area contributed by atoms with Crippen LogP contribution in [0, 0.1) is 6.92 Å². The van der Waals surface area contributed by atoms with Crippen LogP contribution in [0.3, 0.4) is 0 Å². The Hall–Kier alpha value is -1.09. The second kappa shape index (κ2) is 8.25. The molecule has 0 saturated carbocycles. The van der Waals surface area contributed by atoms with Gasteiger partial charge in [0.1, 0.15) is 0 Å². The SMILES string of the molecule is C=C(CCCCCCCC)S(=O)(=O)c1ccc(C)cc1. The molecule has 2 nitrogen and oxygen atoms in total. The Balaban J connectivity index is 2.47. The molecule has 1 aromatic rings. The first-order chi connectivity index (χ1) is 9.48. The summed E-state index contributed by atoms with van der Waals surface area (Å²) in [6, 6.07) is 6.98. The molecule has 0 unspecified atom stereocenters. The summed E-state index contributed by atoms with van der Waals surface area (Å²) in [4.78, 5) is 0.705. The Labute approximate surface area is 123 Å². The summed E-state index contributed by atoms with van der Waals surface area (Å²) in [5.41, 5.74) is 1.06. The predicted molar refractivity (Wildman–Crippen MR) is 85.5 cm³/mol. The number of allylic oxidation sites excluding steroid dienone is 1. The first kappa shape index (κ1) is 17.0. The van der Waals surface area contributed by atoms with Gasteiger partial charge in [-0.3, -0.25) is 0 Å². The van der Waals surface area contributed by atoms with Gasteiger partial charge in [-0.05, 0) is 31.9 Å². The summed E-state index contributed by atoms with van der Waals surface area (Å²) >= 11 is 0. The largest absolute Gasteiger partial charge is 0.219 e. The maximum atomic E-state index is 12.3. The zero-order chi connectivity index (χ0) is 15.0. The van der Waals surface area contributed by atoms with Crippen LogP contribution in [0.2, 0.25) is 0 Å². The van der Waals surface area contributed by atoms with Crippen molar-refractivity contribution in [3.63, 3.8) is 0 Å². The number of aryl methyl sites for hydroxylation is 1. The van der Waals surface area contributed by atoms with Gasteiger partial charge < -0.3 is 0 Å². The molecule has 0 bridgehead atoms. The van der Waals surface area contributed by atoms with Crippen LogP contribution in [0.25, 0.3) is 0 Å². The Morgan fingerprint density at radius 2 is 1.55 bits per heavy atom. The van der Waals surface area contributed by atoms with Gasteiger partial charge in [0.25, 0.3) is 0 Å². The highest BCUT2D eigenvalue weighted by molar-refractivity contribution is 7.95. The van der Waals surface area contributed by atoms with E-state index in [0.29, 0.717) is 16.2 Å². The molecule has 0 spiro atoms. The number of sulfone groups is 1. The van der Waals surface area contributed by atoms with Crippen molar-refractivity contribution in [3.8, 4) is 0 Å². The van der Waals surface area contributed by atoms with Crippen molar-refractivity contribution in [1.82, 2.24) is 0 Å². The minimum Gasteiger partial charge on any atom is -0.219 e. The van der Waals surface area contributed by atoms with Crippen LogP contribution >= 0.6 is 0 Å². The summed E-state index contributed by atoms with van der Waals surface area (Å²) in [6.45, 7) is 7.91. The zero-order valence-electron chi connectivity index (χ0n) is 12.7. The third kappa shape index (κ3) is 5.12. The van der Waals surface area contributed by atoms with E-state index < -0.39 is 9.84 Å². The Morgan fingerprint density at radius 3 is 2.15 bits per heavy atom. The van der Waals surface area contributed by atoms with E-state index >= 15 is 0 Å². The van der Waals surface area contributed by atoms with Gasteiger partial charge in [0.2, 0.25) is 9.84 Å². The minimum absolute atomic E-state index is 0.344. The van der Waals surface area contributed by atoms with Crippen molar-refractivity contribution in [3.05, 3.63) is 41.3 Å². The fraction of sp³-hybridized carbons (Fsp3) is 0.529. The Morgan fingerprint density at radius 1 is 1.00 bits per heavy atom. The van der Waals surface area contributed by atoms with Crippen molar-refractivity contribution in [2.45, 2.75) is 63.7 Å². The van der Waals surface area contributed by atoms with Crippen LogP contribution in [0.15, 0.2) is 40.6 Å². The summed E-state index contributed by atoms with van der Waals surface area (Å²) in [5, 5.41) is 0. The fourth-order valence-corrected chi connectivity index (χ4v) is 3.36. The second-order valence-corrected chi connectivity index (χ2v) is 7.43. The van der Waals surface area contributed by atoms with Gasteiger partial charge in [-0.1, -0.05) is 63.3 Å². The number of benzene rings is 1. The van der Waals surface area contributed by atoms with Crippen molar-refractivity contribution >= 4 is 9.84 Å². The molecule has 3 heteroatoms. The second-order valence-electron chi connectivity index (χ2n) is 5.37. The number of hydrogen-bond donors (Lipinski definition) is 0. The highest BCUT2D eigenvalue weighted by Crippen LogP contribution is 2.23. The lowest BCUT2D eigenvalue weighted by Crippen LogP contribution is -2.04. The molecule has 0 atom stereocenters. The van der Waals surface area contributed by atoms with Gasteiger partial charge in [0, 0.05) is 4.91 Å². The molecule has 0 amide bonds. The van der Waals surface area contributed by atoms with Crippen LogP contribution in [0.5, 0.6) is 0 Å². The van der Waals surface area contributed by atoms with Crippen molar-refractivity contribution < 1.29 is 8.42 Å². The molecule has 0 saturated heterocycles. The molecule has 0 heterocycles. The molecule has 1 rings (SSSR count). The minimum atomic E-state index is -3.35. The van der Waals surface area contributed by atoms with Gasteiger partial charge in [0.15, 0.2) is 0 Å². The molecule has 0 aromatic heterocycles. The maximum absolute atomic E-state index is 12.3. The van der Waals surface area contributed by atoms with E-state index in [-0.39, 0.29) is 0 Å². The summed E-state index contributed by atoms with van der Waals surface area (Å²) in [7, 11) is -3.35. The van der Waals surface area contributed by atoms with Gasteiger partial charge in [-0.2, -0.15) is 0 Å². The summed E-state index contributed by atoms with van der Waals surface area (Å²) in [6.07, 6.45) is 7.49. The Kier molecular flexibility index (Phi) is 7.00. The number of rotatable bonds is 9. The quantitative estimate of drug-likeness (QED) is 0.598. The van der Waals surface area contributed by atoms with E-state index in [1.54, 1.807) is 12.1 Å². The lowest BCUT2D eigenvalue weighted by molar-refractivity contribution is 0.591. The monoisotopic (exact) mass is 294 g/mol. The molecule has 0 aliphatic heterocycles. The third-order valence-electron chi connectivity index (χ3n) is 3.52. The van der Waals surface area contributed by atoms with Crippen molar-refractivity contribution in [1.29, 1.82) is 0 Å². The highest BCUT2D eigenvalue weighted by atomic mass is 32.2. The Bertz CT molecular complexity index is 512. The lowest BCUT2D eigenvalue weighted by Gasteiger charge is -2.08. The molecule has 1 aromatic carbocycles. The molecular weight excluding hydrogens is 268 g/mol. The van der Waals surface area contributed by atoms with E-state index in [1.807, 2.05) is 19.1 Å². The topological polar surface area (TPSA) is 34.1 Å². The van der Waals surface area contributed by atoms with Crippen LogP contribution in [0.1, 0.15) is 57.4 Å². The van der Waals surface area contributed by atoms with Crippen molar-refractivity contribution in [2.24, 2.45) is 0 Å². The molecular formula is C17H26O2S. The zero-order valence-corrected chi connectivity index (χ0v) is 13.5. The van der Waals surface area contributed by atoms with E-state index in [9.17, 15) is 8.42 Å². The van der Waals surface area contributed by atoms with Crippen molar-refractivity contribution in [2.75, 3.05) is 0 Å². The van der Waals surface area contributed by atoms with Gasteiger partial charge in [-0.25, -0.2) is 8.42 Å². The average Bonchev–Trinajstić information content (AvgIpc) is 2.43.